The van der Waals surface area contributed by atoms with Crippen molar-refractivity contribution in [3.8, 4) is 0 Å². The summed E-state index contributed by atoms with van der Waals surface area (Å²) in [7, 11) is 0. The lowest BCUT2D eigenvalue weighted by molar-refractivity contribution is -0.120. The third-order valence-electron chi connectivity index (χ3n) is 4.50. The van der Waals surface area contributed by atoms with Gasteiger partial charge in [0.15, 0.2) is 5.11 Å². The van der Waals surface area contributed by atoms with E-state index >= 15 is 0 Å². The van der Waals surface area contributed by atoms with Crippen LogP contribution in [0.25, 0.3) is 0 Å². The van der Waals surface area contributed by atoms with Gasteiger partial charge in [-0.15, -0.1) is 0 Å². The van der Waals surface area contributed by atoms with Crippen molar-refractivity contribution in [1.29, 1.82) is 0 Å². The molecule has 2 aliphatic rings. The van der Waals surface area contributed by atoms with Gasteiger partial charge in [-0.25, -0.2) is 0 Å². The van der Waals surface area contributed by atoms with Gasteiger partial charge in [0.2, 0.25) is 5.91 Å². The molecule has 2 heterocycles. The molecule has 126 valence electrons. The van der Waals surface area contributed by atoms with Crippen molar-refractivity contribution in [2.45, 2.75) is 19.8 Å². The first-order chi connectivity index (χ1) is 11.5. The zero-order valence-corrected chi connectivity index (χ0v) is 14.3. The minimum atomic E-state index is -0.451. The molecule has 1 N–H and O–H groups in total. The van der Waals surface area contributed by atoms with Crippen LogP contribution in [-0.2, 0) is 4.79 Å². The van der Waals surface area contributed by atoms with Crippen LogP contribution in [0, 0.1) is 5.92 Å². The summed E-state index contributed by atoms with van der Waals surface area (Å²) in [6, 6.07) is 6.57. The summed E-state index contributed by atoms with van der Waals surface area (Å²) in [6.45, 7) is 3.50. The Morgan fingerprint density at radius 1 is 1.17 bits per heavy atom. The third kappa shape index (κ3) is 3.17. The number of imide groups is 1. The number of fused-ring (bicyclic) bond motifs is 1. The van der Waals surface area contributed by atoms with Crippen LogP contribution >= 0.6 is 12.2 Å². The summed E-state index contributed by atoms with van der Waals surface area (Å²) in [5.74, 6) is -0.668. The molecule has 0 aliphatic carbocycles. The first-order valence-corrected chi connectivity index (χ1v) is 8.42. The Hall–Kier alpha value is -2.28. The quantitative estimate of drug-likeness (QED) is 0.648. The largest absolute Gasteiger partial charge is 0.349 e. The van der Waals surface area contributed by atoms with Crippen LogP contribution in [0.5, 0.6) is 0 Å². The smallest absolute Gasteiger partial charge is 0.262 e. The van der Waals surface area contributed by atoms with Gasteiger partial charge in [-0.1, -0.05) is 19.1 Å². The second kappa shape index (κ2) is 6.68. The Kier molecular flexibility index (Phi) is 4.62. The first-order valence-electron chi connectivity index (χ1n) is 8.01. The number of nitrogens with one attached hydrogen (secondary N) is 1. The van der Waals surface area contributed by atoms with Crippen molar-refractivity contribution in [3.63, 3.8) is 0 Å². The number of piperidine rings is 1. The van der Waals surface area contributed by atoms with Crippen LogP contribution in [0.3, 0.4) is 0 Å². The fourth-order valence-electron chi connectivity index (χ4n) is 2.98. The molecule has 24 heavy (non-hydrogen) atoms. The molecule has 3 rings (SSSR count). The van der Waals surface area contributed by atoms with Gasteiger partial charge in [0.1, 0.15) is 6.54 Å². The number of hydrogen-bond acceptors (Lipinski definition) is 4. The number of rotatable bonds is 2. The van der Waals surface area contributed by atoms with Crippen molar-refractivity contribution in [3.05, 3.63) is 35.4 Å². The number of carbonyl (C=O) groups excluding carboxylic acids is 3. The van der Waals surface area contributed by atoms with E-state index in [1.165, 1.54) is 0 Å². The Balaban J connectivity index is 1.59. The molecule has 1 fully saturated rings. The lowest BCUT2D eigenvalue weighted by Gasteiger charge is -2.32. The second-order valence-corrected chi connectivity index (χ2v) is 6.65. The summed E-state index contributed by atoms with van der Waals surface area (Å²) in [5, 5.41) is 3.00. The van der Waals surface area contributed by atoms with E-state index in [0.717, 1.165) is 30.8 Å². The summed E-state index contributed by atoms with van der Waals surface area (Å²) in [6.07, 6.45) is 2.07. The molecule has 0 aromatic heterocycles. The van der Waals surface area contributed by atoms with Crippen molar-refractivity contribution in [1.82, 2.24) is 15.1 Å². The monoisotopic (exact) mass is 345 g/mol. The van der Waals surface area contributed by atoms with Crippen LogP contribution in [0.4, 0.5) is 0 Å². The lowest BCUT2D eigenvalue weighted by Crippen LogP contribution is -2.49. The minimum absolute atomic E-state index is 0.323. The summed E-state index contributed by atoms with van der Waals surface area (Å²) in [4.78, 5) is 39.6. The minimum Gasteiger partial charge on any atom is -0.349 e. The second-order valence-electron chi connectivity index (χ2n) is 6.26. The Morgan fingerprint density at radius 3 is 2.25 bits per heavy atom. The number of likely N-dealkylation sites (tertiary alicyclic amines) is 1. The summed E-state index contributed by atoms with van der Waals surface area (Å²) >= 11 is 5.26. The third-order valence-corrected chi connectivity index (χ3v) is 4.86. The molecule has 6 nitrogen and oxygen atoms in total. The number of hydrogen-bond donors (Lipinski definition) is 1. The first kappa shape index (κ1) is 16.6. The highest BCUT2D eigenvalue weighted by atomic mass is 32.1. The van der Waals surface area contributed by atoms with Gasteiger partial charge in [-0.05, 0) is 43.1 Å². The Bertz CT molecular complexity index is 676. The van der Waals surface area contributed by atoms with Crippen molar-refractivity contribution < 1.29 is 14.4 Å². The standard InChI is InChI=1S/C17H19N3O3S/c1-11-6-8-19(9-7-11)17(24)18-14(21)10-20-15(22)12-4-2-3-5-13(12)16(20)23/h2-5,11H,6-10H2,1H3,(H,18,21,24). The van der Waals surface area contributed by atoms with E-state index in [9.17, 15) is 14.4 Å². The summed E-state index contributed by atoms with van der Waals surface area (Å²) in [5.41, 5.74) is 0.672. The number of benzene rings is 1. The molecular weight excluding hydrogens is 326 g/mol. The average Bonchev–Trinajstić information content (AvgIpc) is 2.81. The van der Waals surface area contributed by atoms with E-state index in [2.05, 4.69) is 12.2 Å². The number of carbonyl (C=O) groups is 3. The molecule has 0 bridgehead atoms. The molecule has 0 saturated carbocycles. The fourth-order valence-corrected chi connectivity index (χ4v) is 3.27. The molecule has 0 spiro atoms. The molecule has 1 aromatic carbocycles. The number of thiocarbonyl (C=S) groups is 1. The van der Waals surface area contributed by atoms with Gasteiger partial charge in [0.05, 0.1) is 11.1 Å². The predicted octanol–water partition coefficient (Wildman–Crippen LogP) is 1.42. The van der Waals surface area contributed by atoms with E-state index in [4.69, 9.17) is 12.2 Å². The molecule has 3 amide bonds. The number of amides is 3. The van der Waals surface area contributed by atoms with Crippen LogP contribution in [0.1, 0.15) is 40.5 Å². The van der Waals surface area contributed by atoms with E-state index in [-0.39, 0.29) is 6.54 Å². The van der Waals surface area contributed by atoms with Crippen LogP contribution in [-0.4, -0.2) is 52.3 Å². The van der Waals surface area contributed by atoms with Crippen LogP contribution in [0.2, 0.25) is 0 Å². The lowest BCUT2D eigenvalue weighted by atomic mass is 10.00. The van der Waals surface area contributed by atoms with Crippen LogP contribution in [0.15, 0.2) is 24.3 Å². The van der Waals surface area contributed by atoms with Crippen molar-refractivity contribution >= 4 is 35.1 Å². The van der Waals surface area contributed by atoms with Crippen molar-refractivity contribution in [2.24, 2.45) is 5.92 Å². The summed E-state index contributed by atoms with van der Waals surface area (Å²) < 4.78 is 0. The molecule has 1 saturated heterocycles. The molecule has 7 heteroatoms. The Morgan fingerprint density at radius 2 is 1.71 bits per heavy atom. The topological polar surface area (TPSA) is 69.7 Å². The Labute approximate surface area is 145 Å². The van der Waals surface area contributed by atoms with E-state index in [0.29, 0.717) is 22.2 Å². The van der Waals surface area contributed by atoms with E-state index in [1.807, 2.05) is 4.90 Å². The molecular formula is C17H19N3O3S. The van der Waals surface area contributed by atoms with Gasteiger partial charge in [-0.3, -0.25) is 19.3 Å². The highest BCUT2D eigenvalue weighted by Gasteiger charge is 2.36. The van der Waals surface area contributed by atoms with Gasteiger partial charge >= 0.3 is 0 Å². The zero-order chi connectivity index (χ0) is 17.3. The molecule has 0 radical (unpaired) electrons. The van der Waals surface area contributed by atoms with Gasteiger partial charge in [0.25, 0.3) is 11.8 Å². The van der Waals surface area contributed by atoms with E-state index < -0.39 is 17.7 Å². The van der Waals surface area contributed by atoms with Gasteiger partial charge < -0.3 is 10.2 Å². The SMILES string of the molecule is CC1CCN(C(=S)NC(=O)CN2C(=O)c3ccccc3C2=O)CC1. The maximum absolute atomic E-state index is 12.2. The van der Waals surface area contributed by atoms with Gasteiger partial charge in [0, 0.05) is 13.1 Å². The normalized spacial score (nSPS) is 17.9. The maximum Gasteiger partial charge on any atom is 0.262 e. The molecule has 0 atom stereocenters. The highest BCUT2D eigenvalue weighted by molar-refractivity contribution is 7.80. The van der Waals surface area contributed by atoms with Crippen LogP contribution < -0.4 is 5.32 Å². The predicted molar refractivity (Wildman–Crippen MR) is 92.5 cm³/mol. The number of nitrogens with zero attached hydrogens (tertiary/aromatic N) is 2. The van der Waals surface area contributed by atoms with Crippen molar-refractivity contribution in [2.75, 3.05) is 19.6 Å². The average molecular weight is 345 g/mol. The molecule has 1 aromatic rings. The molecule has 2 aliphatic heterocycles. The maximum atomic E-state index is 12.2. The van der Waals surface area contributed by atoms with E-state index in [1.54, 1.807) is 24.3 Å². The molecule has 0 unspecified atom stereocenters. The zero-order valence-electron chi connectivity index (χ0n) is 13.4. The fraction of sp³-hybridized carbons (Fsp3) is 0.412. The highest BCUT2D eigenvalue weighted by Crippen LogP contribution is 2.22. The van der Waals surface area contributed by atoms with Gasteiger partial charge in [-0.2, -0.15) is 0 Å².